The first-order valence-electron chi connectivity index (χ1n) is 9.13. The number of aliphatic hydroxyl groups excluding tert-OH is 1. The summed E-state index contributed by atoms with van der Waals surface area (Å²) in [5, 5.41) is 23.7. The molecule has 0 saturated carbocycles. The predicted octanol–water partition coefficient (Wildman–Crippen LogP) is 2.53. The van der Waals surface area contributed by atoms with Crippen LogP contribution in [0.5, 0.6) is 0 Å². The summed E-state index contributed by atoms with van der Waals surface area (Å²) in [6.45, 7) is 1.32. The molecule has 4 N–H and O–H groups in total. The molecule has 3 atom stereocenters. The Balaban J connectivity index is 1.79. The number of ketones is 1. The first-order chi connectivity index (χ1) is 14.3. The summed E-state index contributed by atoms with van der Waals surface area (Å²) in [7, 11) is 0. The molecule has 0 radical (unpaired) electrons. The quantitative estimate of drug-likeness (QED) is 0.376. The molecular weight excluding hydrogens is 393 g/mol. The fourth-order valence-electron chi connectivity index (χ4n) is 3.55. The van der Waals surface area contributed by atoms with Crippen molar-refractivity contribution in [2.75, 3.05) is 5.32 Å². The van der Waals surface area contributed by atoms with E-state index in [0.29, 0.717) is 16.6 Å². The second-order valence-corrected chi connectivity index (χ2v) is 6.99. The van der Waals surface area contributed by atoms with E-state index in [2.05, 4.69) is 15.3 Å². The summed E-state index contributed by atoms with van der Waals surface area (Å²) in [6, 6.07) is 8.57. The number of hydrogen-bond donors (Lipinski definition) is 4. The molecule has 1 saturated heterocycles. The van der Waals surface area contributed by atoms with Gasteiger partial charge < -0.3 is 25.3 Å². The lowest BCUT2D eigenvalue weighted by Gasteiger charge is -2.35. The molecular formula is C21H18FN3O5. The van der Waals surface area contributed by atoms with Gasteiger partial charge in [0.15, 0.2) is 11.7 Å². The Bertz CT molecular complexity index is 1150. The van der Waals surface area contributed by atoms with E-state index in [1.54, 1.807) is 24.5 Å². The molecule has 0 spiro atoms. The normalized spacial score (nSPS) is 23.5. The lowest BCUT2D eigenvalue weighted by Crippen LogP contribution is -2.56. The average molecular weight is 411 g/mol. The molecule has 9 heteroatoms. The van der Waals surface area contributed by atoms with Crippen LogP contribution in [0.15, 0.2) is 54.6 Å². The zero-order chi connectivity index (χ0) is 21.5. The van der Waals surface area contributed by atoms with Gasteiger partial charge in [-0.05, 0) is 49.4 Å². The molecule has 1 aliphatic rings. The van der Waals surface area contributed by atoms with Gasteiger partial charge in [0.05, 0.1) is 0 Å². The molecule has 3 unspecified atom stereocenters. The Labute approximate surface area is 170 Å². The third-order valence-corrected chi connectivity index (χ3v) is 5.03. The van der Waals surface area contributed by atoms with Crippen LogP contribution in [0.4, 0.5) is 10.1 Å². The maximum Gasteiger partial charge on any atom is 0.320 e. The summed E-state index contributed by atoms with van der Waals surface area (Å²) >= 11 is 0. The number of aromatic amines is 1. The number of H-pyrrole nitrogens is 1. The number of fused-ring (bicyclic) bond motifs is 1. The number of aliphatic hydroxyl groups is 1. The van der Waals surface area contributed by atoms with Crippen LogP contribution in [0.3, 0.4) is 0 Å². The highest BCUT2D eigenvalue weighted by Crippen LogP contribution is 2.40. The topological polar surface area (TPSA) is 125 Å². The van der Waals surface area contributed by atoms with Crippen molar-refractivity contribution in [3.63, 3.8) is 0 Å². The van der Waals surface area contributed by atoms with E-state index in [4.69, 9.17) is 4.74 Å². The molecule has 1 aromatic carbocycles. The summed E-state index contributed by atoms with van der Waals surface area (Å²) in [5.74, 6) is -4.69. The first-order valence-corrected chi connectivity index (χ1v) is 9.13. The van der Waals surface area contributed by atoms with Crippen molar-refractivity contribution in [2.24, 2.45) is 5.92 Å². The largest absolute Gasteiger partial charge is 0.481 e. The highest BCUT2D eigenvalue weighted by atomic mass is 19.1. The van der Waals surface area contributed by atoms with Crippen molar-refractivity contribution in [2.45, 2.75) is 18.8 Å². The van der Waals surface area contributed by atoms with Gasteiger partial charge >= 0.3 is 5.97 Å². The number of nitrogens with zero attached hydrogens (tertiary/aromatic N) is 1. The van der Waals surface area contributed by atoms with Gasteiger partial charge in [-0.2, -0.15) is 0 Å². The number of nitrogens with one attached hydrogen (secondary N) is 2. The number of carbonyl (C=O) groups is 2. The van der Waals surface area contributed by atoms with Crippen molar-refractivity contribution >= 4 is 34.5 Å². The molecule has 1 fully saturated rings. The molecule has 1 aliphatic heterocycles. The fraction of sp³-hybridized carbons (Fsp3) is 0.190. The van der Waals surface area contributed by atoms with Crippen molar-refractivity contribution in [3.05, 3.63) is 65.9 Å². The number of hydrogen-bond acceptors (Lipinski definition) is 6. The number of anilines is 1. The van der Waals surface area contributed by atoms with E-state index in [1.807, 2.05) is 0 Å². The van der Waals surface area contributed by atoms with Crippen LogP contribution in [0.1, 0.15) is 12.5 Å². The number of allylic oxidation sites excluding steroid dienone is 1. The predicted molar refractivity (Wildman–Crippen MR) is 106 cm³/mol. The van der Waals surface area contributed by atoms with Gasteiger partial charge in [0.25, 0.3) is 0 Å². The zero-order valence-electron chi connectivity index (χ0n) is 15.8. The van der Waals surface area contributed by atoms with Gasteiger partial charge in [-0.3, -0.25) is 9.59 Å². The Hall–Kier alpha value is -3.72. The number of Topliss-reactive ketones (excluding diaryl/α,β-unsaturated/α-hetero) is 1. The number of aliphatic carboxylic acids is 1. The van der Waals surface area contributed by atoms with Gasteiger partial charge in [0.1, 0.15) is 17.6 Å². The van der Waals surface area contributed by atoms with E-state index >= 15 is 0 Å². The Morgan fingerprint density at radius 2 is 2.10 bits per heavy atom. The van der Waals surface area contributed by atoms with Gasteiger partial charge in [0, 0.05) is 29.0 Å². The van der Waals surface area contributed by atoms with Crippen molar-refractivity contribution < 1.29 is 28.9 Å². The lowest BCUT2D eigenvalue weighted by atomic mass is 9.89. The molecule has 2 aromatic heterocycles. The monoisotopic (exact) mass is 411 g/mol. The van der Waals surface area contributed by atoms with Crippen LogP contribution in [0, 0.1) is 11.7 Å². The van der Waals surface area contributed by atoms with Crippen LogP contribution < -0.4 is 5.32 Å². The maximum absolute atomic E-state index is 13.2. The number of carboxylic acid groups (broad SMARTS) is 1. The Kier molecular flexibility index (Phi) is 4.75. The maximum atomic E-state index is 13.2. The van der Waals surface area contributed by atoms with Crippen LogP contribution in [0.2, 0.25) is 0 Å². The number of carboxylic acids is 1. The third kappa shape index (κ3) is 3.18. The summed E-state index contributed by atoms with van der Waals surface area (Å²) in [4.78, 5) is 32.1. The van der Waals surface area contributed by atoms with Crippen LogP contribution in [-0.4, -0.2) is 43.8 Å². The minimum Gasteiger partial charge on any atom is -0.481 e. The number of rotatable bonds is 5. The van der Waals surface area contributed by atoms with Crippen LogP contribution >= 0.6 is 0 Å². The van der Waals surface area contributed by atoms with E-state index in [1.165, 1.54) is 37.3 Å². The number of halogens is 1. The number of benzene rings is 1. The Morgan fingerprint density at radius 3 is 2.77 bits per heavy atom. The third-order valence-electron chi connectivity index (χ3n) is 5.03. The molecule has 8 nitrogen and oxygen atoms in total. The van der Waals surface area contributed by atoms with Crippen LogP contribution in [0.25, 0.3) is 17.1 Å². The van der Waals surface area contributed by atoms with Gasteiger partial charge in [-0.15, -0.1) is 0 Å². The minimum absolute atomic E-state index is 0.220. The summed E-state index contributed by atoms with van der Waals surface area (Å²) < 4.78 is 19.0. The van der Waals surface area contributed by atoms with Gasteiger partial charge in [-0.25, -0.2) is 9.37 Å². The Morgan fingerprint density at radius 1 is 1.37 bits per heavy atom. The molecule has 0 aliphatic carbocycles. The fourth-order valence-corrected chi connectivity index (χ4v) is 3.55. The van der Waals surface area contributed by atoms with Crippen molar-refractivity contribution in [3.8, 4) is 0 Å². The SMILES string of the molecule is CC(O)C1(Nc2ccc(F)cc2)O/C(=C\c2c[nH]c3ncccc23)C(=O)C1C(=O)O. The van der Waals surface area contributed by atoms with Crippen molar-refractivity contribution in [1.82, 2.24) is 9.97 Å². The molecule has 3 heterocycles. The number of pyridine rings is 1. The summed E-state index contributed by atoms with van der Waals surface area (Å²) in [6.07, 6.45) is 3.24. The molecule has 0 bridgehead atoms. The van der Waals surface area contributed by atoms with Crippen molar-refractivity contribution in [1.29, 1.82) is 0 Å². The number of aromatic nitrogens is 2. The number of carbonyl (C=O) groups excluding carboxylic acids is 1. The standard InChI is InChI=1S/C21H18FN3O5/c1-11(26)21(25-14-6-4-13(22)5-7-14)17(20(28)29)18(27)16(30-21)9-12-10-24-19-15(12)3-2-8-23-19/h2-11,17,25-26H,1H3,(H,23,24)(H,28,29)/b16-9-. The van der Waals surface area contributed by atoms with E-state index in [-0.39, 0.29) is 11.4 Å². The highest BCUT2D eigenvalue weighted by molar-refractivity contribution is 6.12. The minimum atomic E-state index is -1.98. The molecule has 30 heavy (non-hydrogen) atoms. The zero-order valence-corrected chi connectivity index (χ0v) is 15.8. The first kappa shape index (κ1) is 19.6. The molecule has 4 rings (SSSR count). The summed E-state index contributed by atoms with van der Waals surface area (Å²) in [5.41, 5.74) is -0.518. The van der Waals surface area contributed by atoms with E-state index < -0.39 is 35.3 Å². The second-order valence-electron chi connectivity index (χ2n) is 6.99. The molecule has 154 valence electrons. The smallest absolute Gasteiger partial charge is 0.320 e. The highest BCUT2D eigenvalue weighted by Gasteiger charge is 2.60. The van der Waals surface area contributed by atoms with Gasteiger partial charge in [-0.1, -0.05) is 0 Å². The molecule has 0 amide bonds. The average Bonchev–Trinajstić information content (AvgIpc) is 3.24. The van der Waals surface area contributed by atoms with E-state index in [0.717, 1.165) is 0 Å². The van der Waals surface area contributed by atoms with Gasteiger partial charge in [0.2, 0.25) is 11.5 Å². The van der Waals surface area contributed by atoms with E-state index in [9.17, 15) is 24.2 Å². The second kappa shape index (κ2) is 7.27. The molecule has 3 aromatic rings. The number of ether oxygens (including phenoxy) is 1. The lowest BCUT2D eigenvalue weighted by molar-refractivity contribution is -0.154. The van der Waals surface area contributed by atoms with Crippen LogP contribution in [-0.2, 0) is 14.3 Å².